The molecule has 0 aliphatic carbocycles. The van der Waals surface area contributed by atoms with Gasteiger partial charge < -0.3 is 13.9 Å². The largest absolute Gasteiger partial charge is 0.493 e. The van der Waals surface area contributed by atoms with Crippen LogP contribution in [0.2, 0.25) is 0 Å². The lowest BCUT2D eigenvalue weighted by Gasteiger charge is -2.11. The number of carbonyl (C=O) groups excluding carboxylic acids is 1. The zero-order valence-electron chi connectivity index (χ0n) is 14.5. The van der Waals surface area contributed by atoms with Crippen LogP contribution in [0.15, 0.2) is 34.8 Å². The summed E-state index contributed by atoms with van der Waals surface area (Å²) in [5, 5.41) is 9.29. The number of nitrogens with zero attached hydrogens (tertiary/aromatic N) is 2. The van der Waals surface area contributed by atoms with Gasteiger partial charge in [0.15, 0.2) is 17.3 Å². The minimum atomic E-state index is -0.0733. The molecule has 0 aliphatic rings. The fraction of sp³-hybridized carbons (Fsp3) is 0.211. The summed E-state index contributed by atoms with van der Waals surface area (Å²) >= 11 is 0. The number of aromatic nitrogens is 2. The minimum Gasteiger partial charge on any atom is -0.493 e. The topological polar surface area (TPSA) is 74.5 Å². The van der Waals surface area contributed by atoms with Crippen LogP contribution in [-0.2, 0) is 4.79 Å². The van der Waals surface area contributed by atoms with Gasteiger partial charge in [-0.3, -0.25) is 4.79 Å². The predicted octanol–water partition coefficient (Wildman–Crippen LogP) is 3.82. The molecule has 2 aromatic heterocycles. The third kappa shape index (κ3) is 3.24. The third-order valence-corrected chi connectivity index (χ3v) is 3.76. The predicted molar refractivity (Wildman–Crippen MR) is 94.8 cm³/mol. The SMILES string of the molecule is COc1cc2nnc(/C=C/C(C)=O)c(-c3ccc(C)o3)c2cc1OC. The number of hydrogen-bond donors (Lipinski definition) is 0. The van der Waals surface area contributed by atoms with E-state index < -0.39 is 0 Å². The molecule has 0 saturated heterocycles. The summed E-state index contributed by atoms with van der Waals surface area (Å²) in [6.45, 7) is 3.35. The molecule has 3 aromatic rings. The monoisotopic (exact) mass is 338 g/mol. The van der Waals surface area contributed by atoms with Gasteiger partial charge in [0, 0.05) is 11.5 Å². The van der Waals surface area contributed by atoms with Crippen molar-refractivity contribution in [2.75, 3.05) is 14.2 Å². The first-order valence-electron chi connectivity index (χ1n) is 7.71. The van der Waals surface area contributed by atoms with Crippen molar-refractivity contribution in [2.24, 2.45) is 0 Å². The van der Waals surface area contributed by atoms with Crippen LogP contribution in [-0.4, -0.2) is 30.2 Å². The van der Waals surface area contributed by atoms with Gasteiger partial charge in [-0.1, -0.05) is 0 Å². The van der Waals surface area contributed by atoms with E-state index in [0.717, 1.165) is 16.7 Å². The molecule has 0 atom stereocenters. The van der Waals surface area contributed by atoms with Gasteiger partial charge in [-0.15, -0.1) is 10.2 Å². The Labute approximate surface area is 145 Å². The highest BCUT2D eigenvalue weighted by Gasteiger charge is 2.17. The fourth-order valence-electron chi connectivity index (χ4n) is 2.59. The first kappa shape index (κ1) is 16.7. The molecule has 2 heterocycles. The Bertz CT molecular complexity index is 973. The lowest BCUT2D eigenvalue weighted by Crippen LogP contribution is -1.97. The molecule has 0 aliphatic heterocycles. The molecule has 0 spiro atoms. The highest BCUT2D eigenvalue weighted by Crippen LogP contribution is 2.38. The standard InChI is InChI=1S/C19H18N2O4/c1-11(22)5-7-14-19(16-8-6-12(2)25-16)13-9-17(23-3)18(24-4)10-15(13)21-20-14/h5-10H,1-4H3/b7-5+. The average Bonchev–Trinajstić information content (AvgIpc) is 3.03. The maximum atomic E-state index is 11.3. The lowest BCUT2D eigenvalue weighted by atomic mass is 10.0. The van der Waals surface area contributed by atoms with Crippen molar-refractivity contribution in [1.82, 2.24) is 10.2 Å². The summed E-state index contributed by atoms with van der Waals surface area (Å²) < 4.78 is 16.5. The van der Waals surface area contributed by atoms with Gasteiger partial charge in [0.25, 0.3) is 0 Å². The van der Waals surface area contributed by atoms with Crippen LogP contribution in [0.25, 0.3) is 28.3 Å². The second-order valence-electron chi connectivity index (χ2n) is 5.54. The summed E-state index contributed by atoms with van der Waals surface area (Å²) in [7, 11) is 3.14. The fourth-order valence-corrected chi connectivity index (χ4v) is 2.59. The van der Waals surface area contributed by atoms with E-state index >= 15 is 0 Å². The maximum Gasteiger partial charge on any atom is 0.162 e. The van der Waals surface area contributed by atoms with Crippen molar-refractivity contribution in [3.05, 3.63) is 41.8 Å². The van der Waals surface area contributed by atoms with Crippen molar-refractivity contribution in [2.45, 2.75) is 13.8 Å². The summed E-state index contributed by atoms with van der Waals surface area (Å²) in [6, 6.07) is 7.34. The molecule has 0 N–H and O–H groups in total. The Morgan fingerprint density at radius 3 is 2.44 bits per heavy atom. The molecule has 6 heteroatoms. The minimum absolute atomic E-state index is 0.0733. The molecule has 0 fully saturated rings. The van der Waals surface area contributed by atoms with Crippen LogP contribution in [0.4, 0.5) is 0 Å². The highest BCUT2D eigenvalue weighted by atomic mass is 16.5. The van der Waals surface area contributed by atoms with Crippen molar-refractivity contribution in [3.8, 4) is 22.8 Å². The summed E-state index contributed by atoms with van der Waals surface area (Å²) in [5.41, 5.74) is 1.93. The zero-order chi connectivity index (χ0) is 18.0. The number of fused-ring (bicyclic) bond motifs is 1. The van der Waals surface area contributed by atoms with Gasteiger partial charge >= 0.3 is 0 Å². The number of benzene rings is 1. The number of ketones is 1. The molecule has 25 heavy (non-hydrogen) atoms. The van der Waals surface area contributed by atoms with Gasteiger partial charge in [-0.2, -0.15) is 0 Å². The van der Waals surface area contributed by atoms with Gasteiger partial charge in [0.2, 0.25) is 0 Å². The van der Waals surface area contributed by atoms with E-state index in [4.69, 9.17) is 13.9 Å². The van der Waals surface area contributed by atoms with Crippen molar-refractivity contribution >= 4 is 22.8 Å². The van der Waals surface area contributed by atoms with Crippen molar-refractivity contribution < 1.29 is 18.7 Å². The highest BCUT2D eigenvalue weighted by molar-refractivity contribution is 5.99. The van der Waals surface area contributed by atoms with Crippen molar-refractivity contribution in [1.29, 1.82) is 0 Å². The van der Waals surface area contributed by atoms with Crippen LogP contribution >= 0.6 is 0 Å². The Hall–Kier alpha value is -3.15. The van der Waals surface area contributed by atoms with Gasteiger partial charge in [0.1, 0.15) is 11.5 Å². The number of allylic oxidation sites excluding steroid dienone is 1. The molecule has 128 valence electrons. The van der Waals surface area contributed by atoms with Gasteiger partial charge in [-0.25, -0.2) is 0 Å². The van der Waals surface area contributed by atoms with Crippen LogP contribution in [0.1, 0.15) is 18.4 Å². The molecule has 0 bridgehead atoms. The quantitative estimate of drug-likeness (QED) is 0.658. The van der Waals surface area contributed by atoms with Crippen LogP contribution < -0.4 is 9.47 Å². The van der Waals surface area contributed by atoms with E-state index in [1.807, 2.05) is 25.1 Å². The van der Waals surface area contributed by atoms with Gasteiger partial charge in [-0.05, 0) is 44.2 Å². The summed E-state index contributed by atoms with van der Waals surface area (Å²) in [6.07, 6.45) is 3.09. The van der Waals surface area contributed by atoms with Gasteiger partial charge in [0.05, 0.1) is 31.0 Å². The van der Waals surface area contributed by atoms with Crippen LogP contribution in [0, 0.1) is 6.92 Å². The lowest BCUT2D eigenvalue weighted by molar-refractivity contribution is -0.112. The number of ether oxygens (including phenoxy) is 2. The normalized spacial score (nSPS) is 11.2. The molecule has 3 rings (SSSR count). The van der Waals surface area contributed by atoms with Crippen LogP contribution in [0.5, 0.6) is 11.5 Å². The molecular weight excluding hydrogens is 320 g/mol. The first-order valence-corrected chi connectivity index (χ1v) is 7.71. The third-order valence-electron chi connectivity index (χ3n) is 3.76. The maximum absolute atomic E-state index is 11.3. The number of aryl methyl sites for hydroxylation is 1. The number of carbonyl (C=O) groups is 1. The smallest absolute Gasteiger partial charge is 0.162 e. The Balaban J connectivity index is 2.34. The molecular formula is C19H18N2O4. The number of rotatable bonds is 5. The summed E-state index contributed by atoms with van der Waals surface area (Å²) in [5.74, 6) is 2.50. The molecule has 0 saturated carbocycles. The van der Waals surface area contributed by atoms with E-state index in [2.05, 4.69) is 10.2 Å². The molecule has 0 unspecified atom stereocenters. The molecule has 1 aromatic carbocycles. The van der Waals surface area contributed by atoms with Crippen molar-refractivity contribution in [3.63, 3.8) is 0 Å². The first-order chi connectivity index (χ1) is 12.0. The molecule has 0 radical (unpaired) electrons. The average molecular weight is 338 g/mol. The molecule has 0 amide bonds. The second kappa shape index (κ2) is 6.76. The van der Waals surface area contributed by atoms with Crippen LogP contribution in [0.3, 0.4) is 0 Å². The Morgan fingerprint density at radius 1 is 1.12 bits per heavy atom. The summed E-state index contributed by atoms with van der Waals surface area (Å²) in [4.78, 5) is 11.3. The number of methoxy groups -OCH3 is 2. The van der Waals surface area contributed by atoms with E-state index in [0.29, 0.717) is 28.5 Å². The number of hydrogen-bond acceptors (Lipinski definition) is 6. The second-order valence-corrected chi connectivity index (χ2v) is 5.54. The van der Waals surface area contributed by atoms with E-state index in [-0.39, 0.29) is 5.78 Å². The molecule has 6 nitrogen and oxygen atoms in total. The Kier molecular flexibility index (Phi) is 4.52. The van der Waals surface area contributed by atoms with E-state index in [1.54, 1.807) is 26.4 Å². The van der Waals surface area contributed by atoms with E-state index in [9.17, 15) is 4.79 Å². The Morgan fingerprint density at radius 2 is 1.84 bits per heavy atom. The number of furan rings is 1. The zero-order valence-corrected chi connectivity index (χ0v) is 14.5. The van der Waals surface area contributed by atoms with E-state index in [1.165, 1.54) is 13.0 Å².